The molecule has 1 saturated heterocycles. The molecule has 4 rings (SSSR count). The third kappa shape index (κ3) is 8.27. The van der Waals surface area contributed by atoms with Crippen molar-refractivity contribution in [3.8, 4) is 0 Å². The van der Waals surface area contributed by atoms with Crippen LogP contribution >= 0.6 is 11.8 Å². The van der Waals surface area contributed by atoms with E-state index in [9.17, 15) is 27.1 Å². The third-order valence-corrected chi connectivity index (χ3v) is 9.70. The summed E-state index contributed by atoms with van der Waals surface area (Å²) in [5.74, 6) is -1.77. The molecule has 1 N–H and O–H groups in total. The van der Waals surface area contributed by atoms with Gasteiger partial charge in [-0.25, -0.2) is 13.8 Å². The van der Waals surface area contributed by atoms with Gasteiger partial charge in [0.1, 0.15) is 30.6 Å². The van der Waals surface area contributed by atoms with Crippen molar-refractivity contribution < 1.29 is 36.5 Å². The van der Waals surface area contributed by atoms with Crippen LogP contribution in [0.15, 0.2) is 37.0 Å². The van der Waals surface area contributed by atoms with E-state index in [1.165, 1.54) is 29.1 Å². The Morgan fingerprint density at radius 1 is 1.05 bits per heavy atom. The van der Waals surface area contributed by atoms with Gasteiger partial charge in [0.05, 0.1) is 30.9 Å². The predicted octanol–water partition coefficient (Wildman–Crippen LogP) is 5.83. The Morgan fingerprint density at radius 3 is 2.36 bits per heavy atom. The first-order valence-electron chi connectivity index (χ1n) is 13.7. The number of aromatic nitrogens is 3. The first-order chi connectivity index (χ1) is 18.5. The molecule has 220 valence electrons. The second-order valence-electron chi connectivity index (χ2n) is 11.0. The Bertz CT molecular complexity index is 934. The zero-order valence-electron chi connectivity index (χ0n) is 22.1. The molecular formula is C27H38F5N3O3S. The van der Waals surface area contributed by atoms with Crippen LogP contribution < -0.4 is 0 Å². The first kappa shape index (κ1) is 30.5. The van der Waals surface area contributed by atoms with Crippen LogP contribution in [0.4, 0.5) is 22.0 Å². The number of thioether (sulfide) groups is 1. The van der Waals surface area contributed by atoms with Crippen molar-refractivity contribution in [2.24, 2.45) is 17.8 Å². The van der Waals surface area contributed by atoms with Crippen LogP contribution in [-0.2, 0) is 16.0 Å². The normalized spacial score (nSPS) is 35.3. The van der Waals surface area contributed by atoms with Crippen molar-refractivity contribution in [2.45, 2.75) is 99.3 Å². The lowest BCUT2D eigenvalue weighted by molar-refractivity contribution is -0.183. The Morgan fingerprint density at radius 2 is 1.74 bits per heavy atom. The molecule has 3 fully saturated rings. The predicted molar refractivity (Wildman–Crippen MR) is 138 cm³/mol. The summed E-state index contributed by atoms with van der Waals surface area (Å²) >= 11 is 1.46. The smallest absolute Gasteiger partial charge is 0.386 e. The average molecular weight is 580 g/mol. The molecule has 0 amide bonds. The Labute approximate surface area is 230 Å². The van der Waals surface area contributed by atoms with Crippen molar-refractivity contribution in [3.05, 3.63) is 37.0 Å². The molecule has 1 aromatic rings. The Hall–Kier alpha value is -1.50. The highest BCUT2D eigenvalue weighted by Gasteiger charge is 2.49. The Kier molecular flexibility index (Phi) is 10.5. The minimum Gasteiger partial charge on any atom is -0.386 e. The summed E-state index contributed by atoms with van der Waals surface area (Å²) in [5, 5.41) is 15.4. The van der Waals surface area contributed by atoms with Gasteiger partial charge in [-0.05, 0) is 50.5 Å². The number of hydrogen-bond donors (Lipinski definition) is 1. The van der Waals surface area contributed by atoms with E-state index in [-0.39, 0.29) is 49.8 Å². The van der Waals surface area contributed by atoms with Gasteiger partial charge in [0, 0.05) is 17.6 Å². The topological polar surface area (TPSA) is 69.4 Å². The highest BCUT2D eigenvalue weighted by atomic mass is 32.2. The minimum absolute atomic E-state index is 0.0488. The molecule has 12 heteroatoms. The maximum Gasteiger partial charge on any atom is 0.391 e. The molecule has 2 aliphatic carbocycles. The van der Waals surface area contributed by atoms with Crippen molar-refractivity contribution >= 4 is 11.8 Å². The van der Waals surface area contributed by atoms with Gasteiger partial charge in [-0.1, -0.05) is 25.2 Å². The summed E-state index contributed by atoms with van der Waals surface area (Å²) in [5.41, 5.74) is -1.47. The summed E-state index contributed by atoms with van der Waals surface area (Å²) in [4.78, 5) is 3.92. The summed E-state index contributed by atoms with van der Waals surface area (Å²) < 4.78 is 80.4. The number of rotatable bonds is 9. The largest absolute Gasteiger partial charge is 0.391 e. The molecule has 5 atom stereocenters. The molecule has 39 heavy (non-hydrogen) atoms. The molecule has 0 bridgehead atoms. The van der Waals surface area contributed by atoms with Crippen LogP contribution in [0.2, 0.25) is 0 Å². The van der Waals surface area contributed by atoms with Gasteiger partial charge in [0.2, 0.25) is 0 Å². The number of halogens is 5. The highest BCUT2D eigenvalue weighted by molar-refractivity contribution is 8.00. The second kappa shape index (κ2) is 13.4. The maximum atomic E-state index is 15.0. The number of aliphatic hydroxyl groups is 1. The number of hydrogen-bond acceptors (Lipinski definition) is 6. The zero-order chi connectivity index (χ0) is 28.0. The maximum absolute atomic E-state index is 15.0. The van der Waals surface area contributed by atoms with Crippen LogP contribution in [0, 0.1) is 17.8 Å². The van der Waals surface area contributed by atoms with Gasteiger partial charge in [0.25, 0.3) is 0 Å². The fraction of sp³-hybridized carbons (Fsp3) is 0.778. The van der Waals surface area contributed by atoms with Crippen molar-refractivity contribution in [2.75, 3.05) is 13.2 Å². The van der Waals surface area contributed by atoms with E-state index in [0.717, 1.165) is 0 Å². The molecule has 6 nitrogen and oxygen atoms in total. The molecule has 1 aliphatic heterocycles. The van der Waals surface area contributed by atoms with Gasteiger partial charge >= 0.3 is 6.18 Å². The molecule has 5 unspecified atom stereocenters. The quantitative estimate of drug-likeness (QED) is 0.293. The standard InChI is InChI=1S/C27H38F5N3O3S/c1-18(26(36,15-35-17-33-16-34-35)23-11-10-21(28)12-24(23)29)39-22-13-37-25(38-14-22)5-3-2-4-19-6-8-20(9-7-19)27(30,31)32/h2-5,16-25,36H,6-15H2,1H3/b4-2+,5-3+. The number of ether oxygens (including phenoxy) is 2. The van der Waals surface area contributed by atoms with Crippen molar-refractivity contribution in [3.63, 3.8) is 0 Å². The van der Waals surface area contributed by atoms with Gasteiger partial charge in [-0.15, -0.1) is 11.8 Å². The molecule has 0 spiro atoms. The van der Waals surface area contributed by atoms with E-state index in [0.29, 0.717) is 26.1 Å². The Balaban J connectivity index is 1.25. The molecular weight excluding hydrogens is 541 g/mol. The lowest BCUT2D eigenvalue weighted by Crippen LogP contribution is -2.55. The molecule has 0 aromatic carbocycles. The van der Waals surface area contributed by atoms with Crippen LogP contribution in [-0.4, -0.2) is 74.0 Å². The SMILES string of the molecule is CC(SC1COC(/C=C/C=C/C2CCC(C(F)(F)F)CC2)OC1)C(O)(Cn1cncn1)C1CCC(F)CC1F. The number of allylic oxidation sites excluding steroid dienone is 3. The molecule has 0 radical (unpaired) electrons. The minimum atomic E-state index is -4.10. The van der Waals surface area contributed by atoms with E-state index in [1.807, 2.05) is 19.1 Å². The number of alkyl halides is 5. The summed E-state index contributed by atoms with van der Waals surface area (Å²) in [7, 11) is 0. The van der Waals surface area contributed by atoms with Crippen LogP contribution in [0.25, 0.3) is 0 Å². The van der Waals surface area contributed by atoms with E-state index in [2.05, 4.69) is 10.1 Å². The highest BCUT2D eigenvalue weighted by Crippen LogP contribution is 2.43. The number of nitrogens with zero attached hydrogens (tertiary/aromatic N) is 3. The molecule has 3 aliphatic rings. The summed E-state index contributed by atoms with van der Waals surface area (Å²) in [6.07, 6.45) is 4.51. The van der Waals surface area contributed by atoms with Crippen molar-refractivity contribution in [1.82, 2.24) is 14.8 Å². The molecule has 2 saturated carbocycles. The van der Waals surface area contributed by atoms with Crippen LogP contribution in [0.3, 0.4) is 0 Å². The van der Waals surface area contributed by atoms with Crippen LogP contribution in [0.5, 0.6) is 0 Å². The van der Waals surface area contributed by atoms with Gasteiger partial charge in [-0.2, -0.15) is 18.3 Å². The first-order valence-corrected chi connectivity index (χ1v) is 14.6. The average Bonchev–Trinajstić information content (AvgIpc) is 3.40. The zero-order valence-corrected chi connectivity index (χ0v) is 22.9. The van der Waals surface area contributed by atoms with E-state index in [1.54, 1.807) is 12.2 Å². The lowest BCUT2D eigenvalue weighted by Gasteiger charge is -2.45. The van der Waals surface area contributed by atoms with E-state index in [4.69, 9.17) is 9.47 Å². The van der Waals surface area contributed by atoms with Gasteiger partial charge < -0.3 is 14.6 Å². The molecule has 2 heterocycles. The fourth-order valence-corrected chi connectivity index (χ4v) is 7.24. The van der Waals surface area contributed by atoms with Gasteiger partial charge in [0.15, 0.2) is 6.29 Å². The lowest BCUT2D eigenvalue weighted by atomic mass is 9.73. The van der Waals surface area contributed by atoms with E-state index >= 15 is 0 Å². The van der Waals surface area contributed by atoms with Gasteiger partial charge in [-0.3, -0.25) is 4.68 Å². The van der Waals surface area contributed by atoms with E-state index < -0.39 is 47.5 Å². The second-order valence-corrected chi connectivity index (χ2v) is 12.6. The summed E-state index contributed by atoms with van der Waals surface area (Å²) in [6.45, 7) is 2.62. The fourth-order valence-electron chi connectivity index (χ4n) is 5.86. The third-order valence-electron chi connectivity index (χ3n) is 8.22. The van der Waals surface area contributed by atoms with Crippen LogP contribution in [0.1, 0.15) is 51.9 Å². The monoisotopic (exact) mass is 579 g/mol. The summed E-state index contributed by atoms with van der Waals surface area (Å²) in [6, 6.07) is 0. The molecule has 1 aromatic heterocycles. The van der Waals surface area contributed by atoms with Crippen molar-refractivity contribution in [1.29, 1.82) is 0 Å².